The van der Waals surface area contributed by atoms with E-state index in [9.17, 15) is 4.79 Å². The van der Waals surface area contributed by atoms with E-state index in [0.29, 0.717) is 25.0 Å². The zero-order chi connectivity index (χ0) is 19.4. The predicted molar refractivity (Wildman–Crippen MR) is 105 cm³/mol. The molecule has 0 bridgehead atoms. The SMILES string of the molecule is CC(C)(C)[Si](C)(C)O[C@@H](COC(N)=O)[C@H]1C[C@@H]1COCc1ccccc1. The largest absolute Gasteiger partial charge is 0.447 e. The molecule has 3 atom stereocenters. The Morgan fingerprint density at radius 1 is 1.27 bits per heavy atom. The zero-order valence-corrected chi connectivity index (χ0v) is 17.7. The van der Waals surface area contributed by atoms with Crippen LogP contribution in [0, 0.1) is 11.8 Å². The van der Waals surface area contributed by atoms with Gasteiger partial charge in [0.05, 0.1) is 19.3 Å². The van der Waals surface area contributed by atoms with Gasteiger partial charge in [0.15, 0.2) is 8.32 Å². The first-order chi connectivity index (χ1) is 12.1. The van der Waals surface area contributed by atoms with E-state index in [1.165, 1.54) is 5.56 Å². The molecule has 0 radical (unpaired) electrons. The molecule has 1 saturated carbocycles. The summed E-state index contributed by atoms with van der Waals surface area (Å²) in [6.45, 7) is 12.6. The minimum atomic E-state index is -1.95. The molecule has 1 aliphatic carbocycles. The van der Waals surface area contributed by atoms with Crippen LogP contribution in [0.2, 0.25) is 18.1 Å². The van der Waals surface area contributed by atoms with Crippen LogP contribution in [0.15, 0.2) is 30.3 Å². The number of carbonyl (C=O) groups is 1. The van der Waals surface area contributed by atoms with Crippen molar-refractivity contribution in [3.8, 4) is 0 Å². The number of rotatable bonds is 9. The number of carbonyl (C=O) groups excluding carboxylic acids is 1. The lowest BCUT2D eigenvalue weighted by molar-refractivity contribution is 0.0534. The van der Waals surface area contributed by atoms with E-state index in [1.807, 2.05) is 18.2 Å². The van der Waals surface area contributed by atoms with Gasteiger partial charge in [-0.3, -0.25) is 0 Å². The maximum Gasteiger partial charge on any atom is 0.404 e. The third-order valence-electron chi connectivity index (χ3n) is 5.54. The second-order valence-electron chi connectivity index (χ2n) is 8.71. The average molecular weight is 380 g/mol. The Morgan fingerprint density at radius 3 is 2.50 bits per heavy atom. The number of primary amides is 1. The van der Waals surface area contributed by atoms with Crippen molar-refractivity contribution < 1.29 is 18.7 Å². The molecule has 1 aromatic carbocycles. The number of nitrogens with two attached hydrogens (primary N) is 1. The number of amides is 1. The van der Waals surface area contributed by atoms with Gasteiger partial charge in [-0.1, -0.05) is 51.1 Å². The lowest BCUT2D eigenvalue weighted by Crippen LogP contribution is -2.46. The van der Waals surface area contributed by atoms with Crippen molar-refractivity contribution >= 4 is 14.4 Å². The van der Waals surface area contributed by atoms with Gasteiger partial charge < -0.3 is 19.6 Å². The van der Waals surface area contributed by atoms with Crippen LogP contribution in [0.3, 0.4) is 0 Å². The summed E-state index contributed by atoms with van der Waals surface area (Å²) in [5.41, 5.74) is 6.34. The zero-order valence-electron chi connectivity index (χ0n) is 16.7. The van der Waals surface area contributed by atoms with Gasteiger partial charge in [-0.05, 0) is 42.0 Å². The molecule has 1 aliphatic rings. The third-order valence-corrected chi connectivity index (χ3v) is 10.0. The van der Waals surface area contributed by atoms with Gasteiger partial charge in [-0.15, -0.1) is 0 Å². The summed E-state index contributed by atoms with van der Waals surface area (Å²) in [5, 5.41) is 0.103. The topological polar surface area (TPSA) is 70.8 Å². The maximum absolute atomic E-state index is 11.1. The molecule has 1 fully saturated rings. The summed E-state index contributed by atoms with van der Waals surface area (Å²) in [6, 6.07) is 10.2. The molecule has 26 heavy (non-hydrogen) atoms. The van der Waals surface area contributed by atoms with E-state index in [4.69, 9.17) is 19.6 Å². The molecule has 0 heterocycles. The fraction of sp³-hybridized carbons (Fsp3) is 0.650. The van der Waals surface area contributed by atoms with Crippen molar-refractivity contribution in [3.05, 3.63) is 35.9 Å². The Balaban J connectivity index is 1.87. The van der Waals surface area contributed by atoms with Crippen molar-refractivity contribution in [2.45, 2.75) is 58.0 Å². The fourth-order valence-corrected chi connectivity index (χ4v) is 4.14. The number of ether oxygens (including phenoxy) is 2. The van der Waals surface area contributed by atoms with Gasteiger partial charge in [-0.25, -0.2) is 4.79 Å². The highest BCUT2D eigenvalue weighted by Gasteiger charge is 2.48. The van der Waals surface area contributed by atoms with Gasteiger partial charge in [0.1, 0.15) is 6.61 Å². The Morgan fingerprint density at radius 2 is 1.92 bits per heavy atom. The van der Waals surface area contributed by atoms with Crippen LogP contribution in [0.1, 0.15) is 32.8 Å². The van der Waals surface area contributed by atoms with E-state index in [0.717, 1.165) is 6.42 Å². The first-order valence-corrected chi connectivity index (χ1v) is 12.2. The van der Waals surface area contributed by atoms with Gasteiger partial charge in [-0.2, -0.15) is 0 Å². The maximum atomic E-state index is 11.1. The third kappa shape index (κ3) is 6.11. The molecule has 146 valence electrons. The summed E-state index contributed by atoms with van der Waals surface area (Å²) in [4.78, 5) is 11.1. The van der Waals surface area contributed by atoms with E-state index in [1.54, 1.807) is 0 Å². The Bertz CT molecular complexity index is 585. The van der Waals surface area contributed by atoms with Crippen molar-refractivity contribution in [1.82, 2.24) is 0 Å². The van der Waals surface area contributed by atoms with Crippen molar-refractivity contribution in [2.75, 3.05) is 13.2 Å². The normalized spacial score (nSPS) is 21.3. The molecule has 0 aliphatic heterocycles. The van der Waals surface area contributed by atoms with Crippen molar-refractivity contribution in [3.63, 3.8) is 0 Å². The van der Waals surface area contributed by atoms with E-state index < -0.39 is 14.4 Å². The van der Waals surface area contributed by atoms with Crippen LogP contribution in [-0.4, -0.2) is 33.7 Å². The summed E-state index contributed by atoms with van der Waals surface area (Å²) in [5.74, 6) is 0.809. The summed E-state index contributed by atoms with van der Waals surface area (Å²) < 4.78 is 17.5. The first kappa shape index (κ1) is 20.9. The lowest BCUT2D eigenvalue weighted by Gasteiger charge is -2.39. The summed E-state index contributed by atoms with van der Waals surface area (Å²) in [6.07, 6.45) is 0.191. The van der Waals surface area contributed by atoms with Crippen LogP contribution < -0.4 is 5.73 Å². The quantitative estimate of drug-likeness (QED) is 0.649. The highest BCUT2D eigenvalue weighted by atomic mass is 28.4. The second-order valence-corrected chi connectivity index (χ2v) is 13.5. The smallest absolute Gasteiger partial charge is 0.404 e. The van der Waals surface area contributed by atoms with Crippen molar-refractivity contribution in [1.29, 1.82) is 0 Å². The number of hydrogen-bond donors (Lipinski definition) is 1. The molecule has 0 spiro atoms. The van der Waals surface area contributed by atoms with Crippen LogP contribution >= 0.6 is 0 Å². The van der Waals surface area contributed by atoms with Crippen LogP contribution in [0.5, 0.6) is 0 Å². The van der Waals surface area contributed by atoms with E-state index in [-0.39, 0.29) is 17.7 Å². The molecular weight excluding hydrogens is 346 g/mol. The summed E-state index contributed by atoms with van der Waals surface area (Å²) in [7, 11) is -1.95. The van der Waals surface area contributed by atoms with E-state index >= 15 is 0 Å². The van der Waals surface area contributed by atoms with Crippen molar-refractivity contribution in [2.24, 2.45) is 17.6 Å². The molecule has 2 rings (SSSR count). The molecule has 1 aromatic rings. The monoisotopic (exact) mass is 379 g/mol. The highest BCUT2D eigenvalue weighted by molar-refractivity contribution is 6.74. The number of benzene rings is 1. The van der Waals surface area contributed by atoms with Gasteiger partial charge in [0.25, 0.3) is 0 Å². The molecular formula is C20H33NO4Si. The van der Waals surface area contributed by atoms with Crippen LogP contribution in [0.25, 0.3) is 0 Å². The molecule has 2 N–H and O–H groups in total. The Labute approximate surface area is 158 Å². The Kier molecular flexibility index (Phi) is 6.88. The Hall–Kier alpha value is -1.37. The standard InChI is InChI=1S/C20H33NO4Si/c1-20(2,3)26(4,5)25-18(14-24-19(21)22)17-11-16(17)13-23-12-15-9-7-6-8-10-15/h6-10,16-18H,11-14H2,1-5H3,(H2,21,22)/t16-,17+,18+/m1/s1. The van der Waals surface area contributed by atoms with E-state index in [2.05, 4.69) is 46.0 Å². The lowest BCUT2D eigenvalue weighted by atomic mass is 10.2. The molecule has 5 nitrogen and oxygen atoms in total. The van der Waals surface area contributed by atoms with Gasteiger partial charge in [0.2, 0.25) is 0 Å². The molecule has 0 unspecified atom stereocenters. The number of hydrogen-bond acceptors (Lipinski definition) is 4. The van der Waals surface area contributed by atoms with Gasteiger partial charge >= 0.3 is 6.09 Å². The molecule has 1 amide bonds. The molecule has 0 aromatic heterocycles. The fourth-order valence-electron chi connectivity index (χ4n) is 2.78. The molecule has 0 saturated heterocycles. The first-order valence-electron chi connectivity index (χ1n) is 9.32. The average Bonchev–Trinajstić information content (AvgIpc) is 3.30. The van der Waals surface area contributed by atoms with Crippen LogP contribution in [0.4, 0.5) is 4.79 Å². The second kappa shape index (κ2) is 8.54. The highest BCUT2D eigenvalue weighted by Crippen LogP contribution is 2.46. The summed E-state index contributed by atoms with van der Waals surface area (Å²) >= 11 is 0. The minimum absolute atomic E-state index is 0.103. The van der Waals surface area contributed by atoms with Crippen LogP contribution in [-0.2, 0) is 20.5 Å². The minimum Gasteiger partial charge on any atom is -0.447 e. The van der Waals surface area contributed by atoms with Gasteiger partial charge in [0, 0.05) is 0 Å². The predicted octanol–water partition coefficient (Wildman–Crippen LogP) is 4.33. The molecule has 6 heteroatoms.